The van der Waals surface area contributed by atoms with Crippen LogP contribution in [-0.4, -0.2) is 39.6 Å². The molecule has 1 saturated heterocycles. The van der Waals surface area contributed by atoms with Crippen molar-refractivity contribution in [2.45, 2.75) is 30.8 Å². The number of rotatable bonds is 3. The Morgan fingerprint density at radius 1 is 1.14 bits per heavy atom. The highest BCUT2D eigenvalue weighted by atomic mass is 32.2. The third kappa shape index (κ3) is 3.73. The molecule has 4 nitrogen and oxygen atoms in total. The van der Waals surface area contributed by atoms with Crippen molar-refractivity contribution in [3.05, 3.63) is 30.5 Å². The van der Waals surface area contributed by atoms with Crippen LogP contribution in [0.1, 0.15) is 25.7 Å². The number of aromatic nitrogens is 2. The highest BCUT2D eigenvalue weighted by Gasteiger charge is 2.16. The molecular formula is C16H19N3OS. The Hall–Kier alpha value is -1.62. The van der Waals surface area contributed by atoms with E-state index in [1.165, 1.54) is 24.6 Å². The molecule has 0 aliphatic carbocycles. The number of hydrogen-bond acceptors (Lipinski definition) is 4. The minimum Gasteiger partial charge on any atom is -0.342 e. The van der Waals surface area contributed by atoms with E-state index in [9.17, 15) is 4.79 Å². The van der Waals surface area contributed by atoms with Crippen LogP contribution in [0.15, 0.2) is 35.6 Å². The molecule has 0 saturated carbocycles. The lowest BCUT2D eigenvalue weighted by atomic mass is 10.2. The van der Waals surface area contributed by atoms with Crippen molar-refractivity contribution < 1.29 is 4.79 Å². The van der Waals surface area contributed by atoms with Gasteiger partial charge in [0.2, 0.25) is 5.91 Å². The van der Waals surface area contributed by atoms with E-state index < -0.39 is 0 Å². The van der Waals surface area contributed by atoms with Crippen LogP contribution in [0.25, 0.3) is 10.9 Å². The van der Waals surface area contributed by atoms with Gasteiger partial charge < -0.3 is 4.90 Å². The molecule has 0 unspecified atom stereocenters. The summed E-state index contributed by atoms with van der Waals surface area (Å²) in [5.41, 5.74) is 0.928. The Morgan fingerprint density at radius 2 is 1.90 bits per heavy atom. The van der Waals surface area contributed by atoms with Crippen molar-refractivity contribution in [1.29, 1.82) is 0 Å². The maximum Gasteiger partial charge on any atom is 0.233 e. The van der Waals surface area contributed by atoms with Crippen LogP contribution in [-0.2, 0) is 4.79 Å². The molecule has 0 radical (unpaired) electrons. The zero-order valence-electron chi connectivity index (χ0n) is 12.0. The lowest BCUT2D eigenvalue weighted by Crippen LogP contribution is -2.33. The third-order valence-corrected chi connectivity index (χ3v) is 4.60. The molecule has 3 rings (SSSR count). The van der Waals surface area contributed by atoms with E-state index in [2.05, 4.69) is 9.97 Å². The molecule has 0 bridgehead atoms. The van der Waals surface area contributed by atoms with E-state index in [4.69, 9.17) is 0 Å². The number of fused-ring (bicyclic) bond motifs is 1. The summed E-state index contributed by atoms with van der Waals surface area (Å²) in [6, 6.07) is 7.90. The number of nitrogens with zero attached hydrogens (tertiary/aromatic N) is 3. The molecule has 1 aliphatic heterocycles. The van der Waals surface area contributed by atoms with Crippen molar-refractivity contribution in [1.82, 2.24) is 14.9 Å². The minimum absolute atomic E-state index is 0.207. The summed E-state index contributed by atoms with van der Waals surface area (Å²) in [6.07, 6.45) is 6.56. The van der Waals surface area contributed by atoms with Crippen LogP contribution in [0.4, 0.5) is 0 Å². The standard InChI is InChI=1S/C16H19N3OS/c20-15(19-9-5-1-2-6-10-19)12-21-16-17-11-13-7-3-4-8-14(13)18-16/h3-4,7-8,11H,1-2,5-6,9-10,12H2. The van der Waals surface area contributed by atoms with Crippen LogP contribution in [0.2, 0.25) is 0 Å². The van der Waals surface area contributed by atoms with Gasteiger partial charge in [-0.15, -0.1) is 0 Å². The van der Waals surface area contributed by atoms with E-state index in [-0.39, 0.29) is 5.91 Å². The fraction of sp³-hybridized carbons (Fsp3) is 0.438. The lowest BCUT2D eigenvalue weighted by Gasteiger charge is -2.19. The van der Waals surface area contributed by atoms with Crippen molar-refractivity contribution in [2.24, 2.45) is 0 Å². The molecule has 110 valence electrons. The topological polar surface area (TPSA) is 46.1 Å². The monoisotopic (exact) mass is 301 g/mol. The van der Waals surface area contributed by atoms with Crippen molar-refractivity contribution in [3.63, 3.8) is 0 Å². The first-order valence-electron chi connectivity index (χ1n) is 7.45. The smallest absolute Gasteiger partial charge is 0.233 e. The van der Waals surface area contributed by atoms with E-state index in [1.54, 1.807) is 0 Å². The Balaban J connectivity index is 1.61. The number of carbonyl (C=O) groups excluding carboxylic acids is 1. The Kier molecular flexibility index (Phi) is 4.70. The highest BCUT2D eigenvalue weighted by molar-refractivity contribution is 7.99. The minimum atomic E-state index is 0.207. The Morgan fingerprint density at radius 3 is 2.71 bits per heavy atom. The molecule has 1 fully saturated rings. The molecule has 0 N–H and O–H groups in total. The fourth-order valence-corrected chi connectivity index (χ4v) is 3.29. The SMILES string of the molecule is O=C(CSc1ncc2ccccc2n1)N1CCCCCC1. The third-order valence-electron chi connectivity index (χ3n) is 3.75. The molecule has 0 atom stereocenters. The van der Waals surface area contributed by atoms with Crippen LogP contribution in [0, 0.1) is 0 Å². The van der Waals surface area contributed by atoms with Gasteiger partial charge in [0.25, 0.3) is 0 Å². The van der Waals surface area contributed by atoms with Crippen LogP contribution >= 0.6 is 11.8 Å². The maximum absolute atomic E-state index is 12.2. The molecule has 1 aromatic heterocycles. The van der Waals surface area contributed by atoms with Gasteiger partial charge in [-0.05, 0) is 18.9 Å². The van der Waals surface area contributed by atoms with Gasteiger partial charge in [0.05, 0.1) is 11.3 Å². The van der Waals surface area contributed by atoms with Crippen molar-refractivity contribution in [3.8, 4) is 0 Å². The Bertz CT molecular complexity index is 624. The number of carbonyl (C=O) groups is 1. The van der Waals surface area contributed by atoms with Gasteiger partial charge >= 0.3 is 0 Å². The molecule has 5 heteroatoms. The highest BCUT2D eigenvalue weighted by Crippen LogP contribution is 2.18. The van der Waals surface area contributed by atoms with E-state index in [1.807, 2.05) is 35.4 Å². The van der Waals surface area contributed by atoms with Gasteiger partial charge in [-0.25, -0.2) is 9.97 Å². The second-order valence-corrected chi connectivity index (χ2v) is 6.24. The summed E-state index contributed by atoms with van der Waals surface area (Å²) < 4.78 is 0. The lowest BCUT2D eigenvalue weighted by molar-refractivity contribution is -0.128. The van der Waals surface area contributed by atoms with Crippen LogP contribution in [0.5, 0.6) is 0 Å². The van der Waals surface area contributed by atoms with Crippen molar-refractivity contribution in [2.75, 3.05) is 18.8 Å². The first kappa shape index (κ1) is 14.3. The molecule has 2 aromatic rings. The van der Waals surface area contributed by atoms with E-state index in [0.717, 1.165) is 36.8 Å². The predicted octanol–water partition coefficient (Wildman–Crippen LogP) is 3.12. The second kappa shape index (κ2) is 6.89. The molecule has 2 heterocycles. The average molecular weight is 301 g/mol. The van der Waals surface area contributed by atoms with Crippen LogP contribution in [0.3, 0.4) is 0 Å². The Labute approximate surface area is 129 Å². The van der Waals surface area contributed by atoms with Gasteiger partial charge in [0, 0.05) is 24.7 Å². The summed E-state index contributed by atoms with van der Waals surface area (Å²) in [4.78, 5) is 23.0. The van der Waals surface area contributed by atoms with E-state index >= 15 is 0 Å². The molecule has 1 aliphatic rings. The van der Waals surface area contributed by atoms with Gasteiger partial charge in [-0.1, -0.05) is 42.8 Å². The number of amides is 1. The summed E-state index contributed by atoms with van der Waals surface area (Å²) in [7, 11) is 0. The summed E-state index contributed by atoms with van der Waals surface area (Å²) in [5.74, 6) is 0.636. The second-order valence-electron chi connectivity index (χ2n) is 5.30. The zero-order valence-corrected chi connectivity index (χ0v) is 12.8. The number of thioether (sulfide) groups is 1. The van der Waals surface area contributed by atoms with Crippen molar-refractivity contribution >= 4 is 28.6 Å². The summed E-state index contributed by atoms with van der Waals surface area (Å²) >= 11 is 1.43. The maximum atomic E-state index is 12.2. The molecule has 1 amide bonds. The molecule has 0 spiro atoms. The predicted molar refractivity (Wildman–Crippen MR) is 85.3 cm³/mol. The quantitative estimate of drug-likeness (QED) is 0.645. The first-order valence-corrected chi connectivity index (χ1v) is 8.44. The van der Waals surface area contributed by atoms with Gasteiger partial charge in [0.15, 0.2) is 5.16 Å². The van der Waals surface area contributed by atoms with E-state index in [0.29, 0.717) is 10.9 Å². The normalized spacial score (nSPS) is 15.9. The number of benzene rings is 1. The van der Waals surface area contributed by atoms with Crippen LogP contribution < -0.4 is 0 Å². The fourth-order valence-electron chi connectivity index (χ4n) is 2.56. The molecular weight excluding hydrogens is 282 g/mol. The molecule has 1 aromatic carbocycles. The average Bonchev–Trinajstić information content (AvgIpc) is 2.81. The first-order chi connectivity index (χ1) is 10.3. The number of likely N-dealkylation sites (tertiary alicyclic amines) is 1. The molecule has 21 heavy (non-hydrogen) atoms. The summed E-state index contributed by atoms with van der Waals surface area (Å²) in [5, 5.41) is 1.71. The number of hydrogen-bond donors (Lipinski definition) is 0. The van der Waals surface area contributed by atoms with Gasteiger partial charge in [0.1, 0.15) is 0 Å². The number of para-hydroxylation sites is 1. The largest absolute Gasteiger partial charge is 0.342 e. The van der Waals surface area contributed by atoms with Gasteiger partial charge in [-0.3, -0.25) is 4.79 Å². The zero-order chi connectivity index (χ0) is 14.5. The summed E-state index contributed by atoms with van der Waals surface area (Å²) in [6.45, 7) is 1.80. The van der Waals surface area contributed by atoms with Gasteiger partial charge in [-0.2, -0.15) is 0 Å².